The fourth-order valence-electron chi connectivity index (χ4n) is 1.46. The molecule has 2 N–H and O–H groups in total. The summed E-state index contributed by atoms with van der Waals surface area (Å²) < 4.78 is 0. The van der Waals surface area contributed by atoms with Crippen LogP contribution >= 0.6 is 0 Å². The molecule has 0 aromatic carbocycles. The third-order valence-corrected chi connectivity index (χ3v) is 3.21. The van der Waals surface area contributed by atoms with Gasteiger partial charge in [0.2, 0.25) is 11.8 Å². The van der Waals surface area contributed by atoms with E-state index in [1.807, 2.05) is 0 Å². The maximum absolute atomic E-state index is 11.6. The molecule has 2 atom stereocenters. The minimum Gasteiger partial charge on any atom is -0.353 e. The van der Waals surface area contributed by atoms with Gasteiger partial charge in [0, 0.05) is 34.2 Å². The molecule has 114 valence electrons. The van der Waals surface area contributed by atoms with Gasteiger partial charge in [-0.25, -0.2) is 4.99 Å². The third kappa shape index (κ3) is 5.46. The van der Waals surface area contributed by atoms with Crippen molar-refractivity contribution >= 4 is 17.8 Å². The number of hydrogen-bond acceptors (Lipinski definition) is 3. The monoisotopic (exact) mass is 283 g/mol. The number of likely N-dealkylation sites (N-methyl/N-ethyl adjacent to an activating group) is 2. The lowest BCUT2D eigenvalue weighted by molar-refractivity contribution is -0.127. The van der Waals surface area contributed by atoms with Gasteiger partial charge >= 0.3 is 0 Å². The molecule has 0 bridgehead atoms. The molecule has 1 aliphatic rings. The minimum atomic E-state index is -0.0751. The highest BCUT2D eigenvalue weighted by atomic mass is 16.2. The van der Waals surface area contributed by atoms with Gasteiger partial charge in [0.1, 0.15) is 6.54 Å². The van der Waals surface area contributed by atoms with Crippen molar-refractivity contribution in [2.75, 3.05) is 41.3 Å². The fourth-order valence-corrected chi connectivity index (χ4v) is 1.46. The van der Waals surface area contributed by atoms with E-state index in [-0.39, 0.29) is 24.9 Å². The second kappa shape index (κ2) is 7.12. The lowest BCUT2D eigenvalue weighted by Gasteiger charge is -2.15. The largest absolute Gasteiger partial charge is 0.353 e. The molecule has 2 unspecified atom stereocenters. The van der Waals surface area contributed by atoms with E-state index in [9.17, 15) is 9.59 Å². The number of hydrogen-bond donors (Lipinski definition) is 2. The van der Waals surface area contributed by atoms with E-state index in [0.29, 0.717) is 17.9 Å². The Kier molecular flexibility index (Phi) is 5.79. The van der Waals surface area contributed by atoms with Crippen LogP contribution in [-0.2, 0) is 9.59 Å². The van der Waals surface area contributed by atoms with Crippen molar-refractivity contribution in [3.05, 3.63) is 0 Å². The molecule has 2 amide bonds. The van der Waals surface area contributed by atoms with Crippen LogP contribution in [0.2, 0.25) is 0 Å². The van der Waals surface area contributed by atoms with Crippen molar-refractivity contribution in [1.82, 2.24) is 20.4 Å². The molecule has 0 aliphatic heterocycles. The molecule has 0 spiro atoms. The standard InChI is InChI=1S/C13H25N5O2/c1-9-6-10(9)16-13(14-7-11(19)17(2)3)15-8-12(20)18(4)5/h9-10H,6-8H2,1-5H3,(H2,14,15,16). The number of nitrogens with zero attached hydrogens (tertiary/aromatic N) is 3. The van der Waals surface area contributed by atoms with Crippen molar-refractivity contribution in [2.24, 2.45) is 10.9 Å². The Labute approximate surface area is 120 Å². The maximum Gasteiger partial charge on any atom is 0.243 e. The molecule has 1 aliphatic carbocycles. The molecule has 0 heterocycles. The highest BCUT2D eigenvalue weighted by molar-refractivity contribution is 5.88. The number of carbonyl (C=O) groups excluding carboxylic acids is 2. The van der Waals surface area contributed by atoms with Crippen LogP contribution < -0.4 is 10.6 Å². The zero-order valence-electron chi connectivity index (χ0n) is 12.9. The molecular formula is C13H25N5O2. The van der Waals surface area contributed by atoms with Crippen LogP contribution in [0, 0.1) is 5.92 Å². The summed E-state index contributed by atoms with van der Waals surface area (Å²) in [7, 11) is 6.79. The summed E-state index contributed by atoms with van der Waals surface area (Å²) in [5.74, 6) is 1.01. The van der Waals surface area contributed by atoms with Crippen molar-refractivity contribution in [2.45, 2.75) is 19.4 Å². The molecule has 1 saturated carbocycles. The van der Waals surface area contributed by atoms with Gasteiger partial charge in [-0.2, -0.15) is 0 Å². The van der Waals surface area contributed by atoms with Gasteiger partial charge in [-0.05, 0) is 12.3 Å². The van der Waals surface area contributed by atoms with E-state index in [1.54, 1.807) is 28.2 Å². The summed E-state index contributed by atoms with van der Waals surface area (Å²) in [6, 6.07) is 0.380. The van der Waals surface area contributed by atoms with Crippen molar-refractivity contribution in [3.63, 3.8) is 0 Å². The highest BCUT2D eigenvalue weighted by Crippen LogP contribution is 2.28. The number of carbonyl (C=O) groups is 2. The van der Waals surface area contributed by atoms with E-state index < -0.39 is 0 Å². The average Bonchev–Trinajstić information content (AvgIpc) is 3.06. The molecule has 0 saturated heterocycles. The fraction of sp³-hybridized carbons (Fsp3) is 0.769. The van der Waals surface area contributed by atoms with Gasteiger partial charge in [0.05, 0.1) is 6.54 Å². The SMILES string of the molecule is CC1CC1NC(=NCC(=O)N(C)C)NCC(=O)N(C)C. The Morgan fingerprint density at radius 1 is 1.15 bits per heavy atom. The van der Waals surface area contributed by atoms with Crippen molar-refractivity contribution < 1.29 is 9.59 Å². The zero-order chi connectivity index (χ0) is 15.3. The summed E-state index contributed by atoms with van der Waals surface area (Å²) in [6.45, 7) is 2.38. The van der Waals surface area contributed by atoms with Gasteiger partial charge in [-0.15, -0.1) is 0 Å². The lowest BCUT2D eigenvalue weighted by atomic mass is 10.5. The van der Waals surface area contributed by atoms with E-state index in [0.717, 1.165) is 6.42 Å². The number of nitrogens with one attached hydrogen (secondary N) is 2. The van der Waals surface area contributed by atoms with Gasteiger partial charge in [0.15, 0.2) is 5.96 Å². The van der Waals surface area contributed by atoms with Crippen LogP contribution in [0.15, 0.2) is 4.99 Å². The molecule has 1 fully saturated rings. The average molecular weight is 283 g/mol. The first-order chi connectivity index (χ1) is 9.31. The van der Waals surface area contributed by atoms with Crippen LogP contribution in [-0.4, -0.2) is 74.9 Å². The number of guanidine groups is 1. The van der Waals surface area contributed by atoms with Crippen LogP contribution in [0.5, 0.6) is 0 Å². The van der Waals surface area contributed by atoms with Gasteiger partial charge in [-0.1, -0.05) is 6.92 Å². The summed E-state index contributed by atoms with van der Waals surface area (Å²) in [4.78, 5) is 30.3. The van der Waals surface area contributed by atoms with E-state index in [1.165, 1.54) is 9.80 Å². The molecule has 1 rings (SSSR count). The second-order valence-corrected chi connectivity index (χ2v) is 5.56. The summed E-state index contributed by atoms with van der Waals surface area (Å²) >= 11 is 0. The predicted molar refractivity (Wildman–Crippen MR) is 78.4 cm³/mol. The topological polar surface area (TPSA) is 77.0 Å². The summed E-state index contributed by atoms with van der Waals surface area (Å²) in [5, 5.41) is 6.19. The summed E-state index contributed by atoms with van der Waals surface area (Å²) in [6.07, 6.45) is 1.09. The highest BCUT2D eigenvalue weighted by Gasteiger charge is 2.33. The van der Waals surface area contributed by atoms with Crippen molar-refractivity contribution in [3.8, 4) is 0 Å². The Morgan fingerprint density at radius 3 is 2.15 bits per heavy atom. The normalized spacial score (nSPS) is 21.1. The van der Waals surface area contributed by atoms with Crippen LogP contribution in [0.4, 0.5) is 0 Å². The quantitative estimate of drug-likeness (QED) is 0.507. The Bertz CT molecular complexity index is 392. The Morgan fingerprint density at radius 2 is 1.70 bits per heavy atom. The minimum absolute atomic E-state index is 0.0396. The van der Waals surface area contributed by atoms with Gasteiger partial charge in [0.25, 0.3) is 0 Å². The number of amides is 2. The van der Waals surface area contributed by atoms with Crippen LogP contribution in [0.3, 0.4) is 0 Å². The Hall–Kier alpha value is -1.79. The first-order valence-corrected chi connectivity index (χ1v) is 6.76. The first-order valence-electron chi connectivity index (χ1n) is 6.76. The third-order valence-electron chi connectivity index (χ3n) is 3.21. The predicted octanol–water partition coefficient (Wildman–Crippen LogP) is -0.894. The van der Waals surface area contributed by atoms with E-state index in [4.69, 9.17) is 0 Å². The van der Waals surface area contributed by atoms with Crippen LogP contribution in [0.25, 0.3) is 0 Å². The molecular weight excluding hydrogens is 258 g/mol. The molecule has 7 heteroatoms. The molecule has 20 heavy (non-hydrogen) atoms. The molecule has 0 aromatic heterocycles. The first kappa shape index (κ1) is 16.3. The maximum atomic E-state index is 11.6. The lowest BCUT2D eigenvalue weighted by Crippen LogP contribution is -2.44. The smallest absolute Gasteiger partial charge is 0.243 e. The zero-order valence-corrected chi connectivity index (χ0v) is 12.9. The Balaban J connectivity index is 2.53. The number of aliphatic imine (C=N–C) groups is 1. The van der Waals surface area contributed by atoms with E-state index in [2.05, 4.69) is 22.5 Å². The van der Waals surface area contributed by atoms with E-state index >= 15 is 0 Å². The van der Waals surface area contributed by atoms with Crippen LogP contribution in [0.1, 0.15) is 13.3 Å². The second-order valence-electron chi connectivity index (χ2n) is 5.56. The summed E-state index contributed by atoms with van der Waals surface area (Å²) in [5.41, 5.74) is 0. The van der Waals surface area contributed by atoms with Gasteiger partial charge < -0.3 is 20.4 Å². The van der Waals surface area contributed by atoms with Crippen molar-refractivity contribution in [1.29, 1.82) is 0 Å². The van der Waals surface area contributed by atoms with Gasteiger partial charge in [-0.3, -0.25) is 9.59 Å². The number of rotatable bonds is 5. The molecule has 7 nitrogen and oxygen atoms in total. The molecule has 0 aromatic rings. The molecule has 0 radical (unpaired) electrons.